The first-order valence-electron chi connectivity index (χ1n) is 6.07. The van der Waals surface area contributed by atoms with E-state index in [-0.39, 0.29) is 11.2 Å². The summed E-state index contributed by atoms with van der Waals surface area (Å²) in [7, 11) is 0. The number of hydrogen-bond acceptors (Lipinski definition) is 2. The number of anilines is 1. The fraction of sp³-hybridized carbons (Fsp3) is 0.312. The van der Waals surface area contributed by atoms with Crippen LogP contribution in [-0.2, 0) is 0 Å². The average molecular weight is 258 g/mol. The lowest BCUT2D eigenvalue weighted by molar-refractivity contribution is 0.450. The van der Waals surface area contributed by atoms with Crippen LogP contribution in [0.25, 0.3) is 0 Å². The van der Waals surface area contributed by atoms with Gasteiger partial charge in [-0.05, 0) is 31.2 Å². The summed E-state index contributed by atoms with van der Waals surface area (Å²) in [6.45, 7) is 13.8. The molecule has 3 heteroatoms. The van der Waals surface area contributed by atoms with E-state index >= 15 is 0 Å². The predicted octanol–water partition coefficient (Wildman–Crippen LogP) is 4.62. The zero-order valence-electron chi connectivity index (χ0n) is 11.7. The number of nitrogens with zero attached hydrogens (tertiary/aromatic N) is 2. The van der Waals surface area contributed by atoms with Crippen LogP contribution in [0.2, 0.25) is 0 Å². The number of halogens is 1. The van der Waals surface area contributed by atoms with Crippen LogP contribution in [0, 0.1) is 22.6 Å². The topological polar surface area (TPSA) is 27.0 Å². The molecule has 0 atom stereocenters. The lowest BCUT2D eigenvalue weighted by atomic mass is 9.85. The molecule has 0 fully saturated rings. The summed E-state index contributed by atoms with van der Waals surface area (Å²) in [4.78, 5) is 1.86. The van der Waals surface area contributed by atoms with Gasteiger partial charge < -0.3 is 4.90 Å². The van der Waals surface area contributed by atoms with Gasteiger partial charge in [0.15, 0.2) is 0 Å². The second-order valence-electron chi connectivity index (χ2n) is 5.21. The molecule has 0 radical (unpaired) electrons. The van der Waals surface area contributed by atoms with E-state index in [0.29, 0.717) is 6.42 Å². The van der Waals surface area contributed by atoms with E-state index in [1.165, 1.54) is 12.1 Å². The first-order chi connectivity index (χ1) is 8.79. The summed E-state index contributed by atoms with van der Waals surface area (Å²) >= 11 is 0. The quantitative estimate of drug-likeness (QED) is 0.770. The van der Waals surface area contributed by atoms with Crippen molar-refractivity contribution in [3.05, 3.63) is 54.6 Å². The highest BCUT2D eigenvalue weighted by Gasteiger charge is 2.27. The molecule has 2 nitrogen and oxygen atoms in total. The van der Waals surface area contributed by atoms with Gasteiger partial charge in [-0.25, -0.2) is 4.39 Å². The molecule has 0 saturated carbocycles. The second-order valence-corrected chi connectivity index (χ2v) is 5.21. The van der Waals surface area contributed by atoms with Gasteiger partial charge in [0.05, 0.1) is 6.07 Å². The summed E-state index contributed by atoms with van der Waals surface area (Å²) in [5, 5.41) is 8.90. The zero-order valence-corrected chi connectivity index (χ0v) is 11.7. The number of benzene rings is 1. The van der Waals surface area contributed by atoms with Crippen LogP contribution in [0.3, 0.4) is 0 Å². The van der Waals surface area contributed by atoms with Gasteiger partial charge >= 0.3 is 0 Å². The fourth-order valence-corrected chi connectivity index (χ4v) is 1.80. The minimum absolute atomic E-state index is 0.285. The zero-order chi connectivity index (χ0) is 14.6. The maximum Gasteiger partial charge on any atom is 0.123 e. The van der Waals surface area contributed by atoms with Crippen LogP contribution in [-0.4, -0.2) is 0 Å². The van der Waals surface area contributed by atoms with Crippen molar-refractivity contribution in [2.45, 2.75) is 27.2 Å². The second kappa shape index (κ2) is 5.71. The van der Waals surface area contributed by atoms with Crippen molar-refractivity contribution in [1.29, 1.82) is 5.26 Å². The number of hydrogen-bond donors (Lipinski definition) is 0. The van der Waals surface area contributed by atoms with Crippen LogP contribution in [0.4, 0.5) is 10.1 Å². The Morgan fingerprint density at radius 2 is 1.84 bits per heavy atom. The molecule has 0 bridgehead atoms. The third kappa shape index (κ3) is 3.45. The molecule has 0 saturated heterocycles. The normalized spacial score (nSPS) is 10.7. The van der Waals surface area contributed by atoms with E-state index < -0.39 is 0 Å². The van der Waals surface area contributed by atoms with Crippen LogP contribution in [0.5, 0.6) is 0 Å². The largest absolute Gasteiger partial charge is 0.319 e. The van der Waals surface area contributed by atoms with E-state index in [1.807, 2.05) is 25.7 Å². The molecule has 0 aliphatic carbocycles. The van der Waals surface area contributed by atoms with Crippen molar-refractivity contribution in [1.82, 2.24) is 0 Å². The molecular formula is C16H19FN2. The summed E-state index contributed by atoms with van der Waals surface area (Å²) in [6, 6.07) is 8.32. The van der Waals surface area contributed by atoms with Crippen LogP contribution >= 0.6 is 0 Å². The number of allylic oxidation sites excluding steroid dienone is 2. The molecular weight excluding hydrogens is 239 g/mol. The lowest BCUT2D eigenvalue weighted by Gasteiger charge is -2.35. The van der Waals surface area contributed by atoms with E-state index in [0.717, 1.165) is 17.1 Å². The Hall–Kier alpha value is -2.08. The van der Waals surface area contributed by atoms with E-state index in [2.05, 4.69) is 19.2 Å². The Balaban J connectivity index is 3.16. The van der Waals surface area contributed by atoms with Gasteiger partial charge in [-0.1, -0.05) is 27.0 Å². The number of rotatable bonds is 5. The Morgan fingerprint density at radius 3 is 2.26 bits per heavy atom. The molecule has 0 aliphatic rings. The lowest BCUT2D eigenvalue weighted by Crippen LogP contribution is -2.29. The standard InChI is InChI=1S/C16H19FN2/c1-12(2)19(13(3)16(4,5)10-11-18)15-8-6-14(17)7-9-15/h6-9H,1,3,10H2,2,4-5H3. The summed E-state index contributed by atoms with van der Waals surface area (Å²) in [5.74, 6) is -0.285. The molecule has 1 aromatic rings. The van der Waals surface area contributed by atoms with Crippen LogP contribution in [0.1, 0.15) is 27.2 Å². The summed E-state index contributed by atoms with van der Waals surface area (Å²) in [5.41, 5.74) is 1.97. The molecule has 0 amide bonds. The maximum absolute atomic E-state index is 13.0. The Kier molecular flexibility index (Phi) is 4.50. The van der Waals surface area contributed by atoms with Crippen molar-refractivity contribution in [3.8, 4) is 6.07 Å². The van der Waals surface area contributed by atoms with Crippen molar-refractivity contribution in [2.24, 2.45) is 5.41 Å². The molecule has 0 N–H and O–H groups in total. The monoisotopic (exact) mass is 258 g/mol. The first-order valence-corrected chi connectivity index (χ1v) is 6.07. The molecule has 0 unspecified atom stereocenters. The molecule has 100 valence electrons. The highest BCUT2D eigenvalue weighted by molar-refractivity contribution is 5.57. The van der Waals surface area contributed by atoms with Gasteiger partial charge in [0.2, 0.25) is 0 Å². The summed E-state index contributed by atoms with van der Waals surface area (Å²) in [6.07, 6.45) is 0.358. The van der Waals surface area contributed by atoms with Crippen molar-refractivity contribution >= 4 is 5.69 Å². The van der Waals surface area contributed by atoms with Gasteiger partial charge in [-0.2, -0.15) is 5.26 Å². The van der Waals surface area contributed by atoms with Crippen molar-refractivity contribution < 1.29 is 4.39 Å². The average Bonchev–Trinajstić information content (AvgIpc) is 2.31. The summed E-state index contributed by atoms with van der Waals surface area (Å²) < 4.78 is 13.0. The van der Waals surface area contributed by atoms with E-state index in [1.54, 1.807) is 12.1 Å². The van der Waals surface area contributed by atoms with Gasteiger partial charge in [0, 0.05) is 28.9 Å². The van der Waals surface area contributed by atoms with Gasteiger partial charge in [0.25, 0.3) is 0 Å². The highest BCUT2D eigenvalue weighted by atomic mass is 19.1. The highest BCUT2D eigenvalue weighted by Crippen LogP contribution is 2.36. The molecule has 19 heavy (non-hydrogen) atoms. The maximum atomic E-state index is 13.0. The number of nitriles is 1. The fourth-order valence-electron chi connectivity index (χ4n) is 1.80. The van der Waals surface area contributed by atoms with E-state index in [9.17, 15) is 4.39 Å². The molecule has 0 spiro atoms. The van der Waals surface area contributed by atoms with Gasteiger partial charge in [0.1, 0.15) is 5.82 Å². The van der Waals surface area contributed by atoms with Crippen LogP contribution < -0.4 is 4.90 Å². The molecule has 0 aliphatic heterocycles. The van der Waals surface area contributed by atoms with Gasteiger partial charge in [-0.3, -0.25) is 0 Å². The van der Waals surface area contributed by atoms with Gasteiger partial charge in [-0.15, -0.1) is 0 Å². The Bertz CT molecular complexity index is 521. The van der Waals surface area contributed by atoms with Crippen molar-refractivity contribution in [2.75, 3.05) is 4.90 Å². The Labute approximate surface area is 114 Å². The minimum Gasteiger partial charge on any atom is -0.319 e. The smallest absolute Gasteiger partial charge is 0.123 e. The third-order valence-electron chi connectivity index (χ3n) is 3.04. The van der Waals surface area contributed by atoms with Crippen molar-refractivity contribution in [3.63, 3.8) is 0 Å². The van der Waals surface area contributed by atoms with E-state index in [4.69, 9.17) is 5.26 Å². The Morgan fingerprint density at radius 1 is 1.32 bits per heavy atom. The molecule has 0 aromatic heterocycles. The minimum atomic E-state index is -0.373. The molecule has 0 heterocycles. The SMILES string of the molecule is C=C(C)N(C(=C)C(C)(C)CC#N)c1ccc(F)cc1. The molecule has 1 aromatic carbocycles. The third-order valence-corrected chi connectivity index (χ3v) is 3.04. The molecule has 1 rings (SSSR count). The predicted molar refractivity (Wildman–Crippen MR) is 76.8 cm³/mol. The van der Waals surface area contributed by atoms with Crippen LogP contribution in [0.15, 0.2) is 48.8 Å². The first kappa shape index (κ1) is 15.0.